The summed E-state index contributed by atoms with van der Waals surface area (Å²) in [7, 11) is -3.91. The Hall–Kier alpha value is -1.42. The fraction of sp³-hybridized carbons (Fsp3) is 0.545. The molecule has 1 fully saturated rings. The maximum absolute atomic E-state index is 11.9. The largest absolute Gasteiger partial charge is 0.475 e. The van der Waals surface area contributed by atoms with Crippen LogP contribution in [-0.2, 0) is 19.5 Å². The molecule has 8 nitrogen and oxygen atoms in total. The van der Waals surface area contributed by atoms with Gasteiger partial charge >= 0.3 is 5.97 Å². The van der Waals surface area contributed by atoms with Crippen molar-refractivity contribution in [3.8, 4) is 0 Å². The number of carbonyl (C=O) groups is 1. The first-order valence-electron chi connectivity index (χ1n) is 5.84. The van der Waals surface area contributed by atoms with Crippen molar-refractivity contribution in [2.45, 2.75) is 30.8 Å². The fourth-order valence-electron chi connectivity index (χ4n) is 1.72. The average molecular weight is 305 g/mol. The summed E-state index contributed by atoms with van der Waals surface area (Å²) in [6, 6.07) is 2.16. The van der Waals surface area contributed by atoms with Gasteiger partial charge in [0.25, 0.3) is 10.0 Å². The van der Waals surface area contributed by atoms with Crippen LogP contribution in [0.15, 0.2) is 21.6 Å². The van der Waals surface area contributed by atoms with Crippen LogP contribution in [-0.4, -0.2) is 44.5 Å². The molecule has 1 aromatic heterocycles. The molecule has 20 heavy (non-hydrogen) atoms. The van der Waals surface area contributed by atoms with Gasteiger partial charge in [0.1, 0.15) is 0 Å². The Morgan fingerprint density at radius 3 is 2.70 bits per heavy atom. The SMILES string of the molecule is CC1(C)OCC(CNS(=O)(=O)c2ccc(C(=O)O)o2)O1. The van der Waals surface area contributed by atoms with Gasteiger partial charge in [-0.3, -0.25) is 0 Å². The van der Waals surface area contributed by atoms with E-state index in [4.69, 9.17) is 19.0 Å². The van der Waals surface area contributed by atoms with Crippen LogP contribution in [0.5, 0.6) is 0 Å². The van der Waals surface area contributed by atoms with Crippen molar-refractivity contribution in [3.05, 3.63) is 17.9 Å². The van der Waals surface area contributed by atoms with Crippen molar-refractivity contribution < 1.29 is 32.2 Å². The van der Waals surface area contributed by atoms with Crippen LogP contribution in [0.25, 0.3) is 0 Å². The second-order valence-corrected chi connectivity index (χ2v) is 6.42. The van der Waals surface area contributed by atoms with Crippen LogP contribution >= 0.6 is 0 Å². The molecule has 0 saturated carbocycles. The lowest BCUT2D eigenvalue weighted by molar-refractivity contribution is -0.137. The zero-order valence-corrected chi connectivity index (χ0v) is 11.8. The number of nitrogens with one attached hydrogen (secondary N) is 1. The van der Waals surface area contributed by atoms with Gasteiger partial charge in [0.2, 0.25) is 10.9 Å². The highest BCUT2D eigenvalue weighted by Crippen LogP contribution is 2.22. The minimum absolute atomic E-state index is 0.00880. The van der Waals surface area contributed by atoms with Crippen molar-refractivity contribution in [2.24, 2.45) is 0 Å². The molecule has 0 amide bonds. The molecule has 1 aromatic rings. The van der Waals surface area contributed by atoms with Gasteiger partial charge in [-0.1, -0.05) is 0 Å². The van der Waals surface area contributed by atoms with Crippen molar-refractivity contribution in [2.75, 3.05) is 13.2 Å². The number of hydrogen-bond acceptors (Lipinski definition) is 6. The Bertz CT molecular complexity index is 604. The summed E-state index contributed by atoms with van der Waals surface area (Å²) in [4.78, 5) is 10.6. The highest BCUT2D eigenvalue weighted by Gasteiger charge is 2.33. The van der Waals surface area contributed by atoms with Crippen LogP contribution in [0.4, 0.5) is 0 Å². The Morgan fingerprint density at radius 2 is 2.20 bits per heavy atom. The monoisotopic (exact) mass is 305 g/mol. The molecule has 9 heteroatoms. The number of sulfonamides is 1. The molecule has 0 spiro atoms. The van der Waals surface area contributed by atoms with Crippen molar-refractivity contribution in [3.63, 3.8) is 0 Å². The Kier molecular flexibility index (Phi) is 3.87. The molecular formula is C11H15NO7S. The van der Waals surface area contributed by atoms with Gasteiger partial charge in [0, 0.05) is 6.54 Å². The Balaban J connectivity index is 1.99. The molecule has 2 rings (SSSR count). The average Bonchev–Trinajstić information content (AvgIpc) is 2.93. The normalized spacial score (nSPS) is 22.0. The van der Waals surface area contributed by atoms with Gasteiger partial charge in [-0.05, 0) is 26.0 Å². The summed E-state index contributed by atoms with van der Waals surface area (Å²) in [5.74, 6) is -2.51. The first-order chi connectivity index (χ1) is 9.20. The number of carboxylic acid groups (broad SMARTS) is 1. The van der Waals surface area contributed by atoms with Gasteiger partial charge in [-0.2, -0.15) is 0 Å². The third kappa shape index (κ3) is 3.37. The molecular weight excluding hydrogens is 290 g/mol. The fourth-order valence-corrected chi connectivity index (χ4v) is 2.71. The van der Waals surface area contributed by atoms with E-state index in [1.54, 1.807) is 13.8 Å². The van der Waals surface area contributed by atoms with Gasteiger partial charge < -0.3 is 19.0 Å². The molecule has 0 aromatic carbocycles. The quantitative estimate of drug-likeness (QED) is 0.809. The smallest absolute Gasteiger partial charge is 0.371 e. The van der Waals surface area contributed by atoms with E-state index in [2.05, 4.69) is 4.72 Å². The van der Waals surface area contributed by atoms with Crippen molar-refractivity contribution in [1.82, 2.24) is 4.72 Å². The van der Waals surface area contributed by atoms with Crippen LogP contribution in [0.1, 0.15) is 24.4 Å². The van der Waals surface area contributed by atoms with E-state index >= 15 is 0 Å². The summed E-state index contributed by atoms with van der Waals surface area (Å²) in [5, 5.41) is 8.23. The van der Waals surface area contributed by atoms with E-state index in [-0.39, 0.29) is 13.2 Å². The number of rotatable bonds is 5. The zero-order valence-electron chi connectivity index (χ0n) is 11.0. The van der Waals surface area contributed by atoms with E-state index in [0.717, 1.165) is 12.1 Å². The third-order valence-corrected chi connectivity index (χ3v) is 3.92. The Labute approximate surface area is 115 Å². The Morgan fingerprint density at radius 1 is 1.50 bits per heavy atom. The predicted octanol–water partition coefficient (Wildman–Crippen LogP) is 0.408. The maximum Gasteiger partial charge on any atom is 0.371 e. The molecule has 112 valence electrons. The molecule has 1 atom stereocenters. The molecule has 1 saturated heterocycles. The first kappa shape index (κ1) is 15.0. The van der Waals surface area contributed by atoms with E-state index in [0.29, 0.717) is 0 Å². The van der Waals surface area contributed by atoms with Crippen LogP contribution in [0.2, 0.25) is 0 Å². The summed E-state index contributed by atoms with van der Waals surface area (Å²) < 4.78 is 41.6. The molecule has 0 radical (unpaired) electrons. The summed E-state index contributed by atoms with van der Waals surface area (Å²) in [6.45, 7) is 3.74. The summed E-state index contributed by atoms with van der Waals surface area (Å²) in [6.07, 6.45) is -0.409. The lowest BCUT2D eigenvalue weighted by Gasteiger charge is -2.17. The third-order valence-electron chi connectivity index (χ3n) is 2.63. The van der Waals surface area contributed by atoms with E-state index in [9.17, 15) is 13.2 Å². The van der Waals surface area contributed by atoms with E-state index in [1.807, 2.05) is 0 Å². The zero-order chi connectivity index (χ0) is 15.0. The van der Waals surface area contributed by atoms with Crippen LogP contribution in [0.3, 0.4) is 0 Å². The summed E-state index contributed by atoms with van der Waals surface area (Å²) >= 11 is 0. The van der Waals surface area contributed by atoms with E-state index in [1.165, 1.54) is 0 Å². The topological polar surface area (TPSA) is 115 Å². The molecule has 0 aliphatic carbocycles. The van der Waals surface area contributed by atoms with Crippen molar-refractivity contribution in [1.29, 1.82) is 0 Å². The van der Waals surface area contributed by atoms with Crippen molar-refractivity contribution >= 4 is 16.0 Å². The van der Waals surface area contributed by atoms with Gasteiger partial charge in [0.05, 0.1) is 12.7 Å². The highest BCUT2D eigenvalue weighted by atomic mass is 32.2. The number of carboxylic acids is 1. The molecule has 1 unspecified atom stereocenters. The first-order valence-corrected chi connectivity index (χ1v) is 7.32. The minimum Gasteiger partial charge on any atom is -0.475 e. The number of hydrogen-bond donors (Lipinski definition) is 2. The molecule has 1 aliphatic rings. The molecule has 2 heterocycles. The molecule has 1 aliphatic heterocycles. The predicted molar refractivity (Wildman–Crippen MR) is 65.8 cm³/mol. The van der Waals surface area contributed by atoms with Gasteiger partial charge in [0.15, 0.2) is 5.79 Å². The second-order valence-electron chi connectivity index (χ2n) is 4.73. The lowest BCUT2D eigenvalue weighted by Crippen LogP contribution is -2.34. The standard InChI is InChI=1S/C11H15NO7S/c1-11(2)17-6-7(19-11)5-12-20(15,16)9-4-3-8(18-9)10(13)14/h3-4,7,12H,5-6H2,1-2H3,(H,13,14). The molecule has 0 bridgehead atoms. The second kappa shape index (κ2) is 5.17. The number of ether oxygens (including phenoxy) is 2. The summed E-state index contributed by atoms with van der Waals surface area (Å²) in [5.41, 5.74) is 0. The minimum atomic E-state index is -3.91. The van der Waals surface area contributed by atoms with Gasteiger partial charge in [-0.25, -0.2) is 17.9 Å². The highest BCUT2D eigenvalue weighted by molar-refractivity contribution is 7.89. The van der Waals surface area contributed by atoms with E-state index < -0.39 is 38.7 Å². The van der Waals surface area contributed by atoms with Crippen LogP contribution < -0.4 is 4.72 Å². The number of furan rings is 1. The lowest BCUT2D eigenvalue weighted by atomic mass is 10.4. The van der Waals surface area contributed by atoms with Crippen LogP contribution in [0, 0.1) is 0 Å². The maximum atomic E-state index is 11.9. The molecule has 2 N–H and O–H groups in total. The number of aromatic carboxylic acids is 1. The van der Waals surface area contributed by atoms with Gasteiger partial charge in [-0.15, -0.1) is 0 Å².